The van der Waals surface area contributed by atoms with Crippen LogP contribution in [0.5, 0.6) is 0 Å². The van der Waals surface area contributed by atoms with Gasteiger partial charge in [-0.2, -0.15) is 0 Å². The molecule has 0 saturated carbocycles. The van der Waals surface area contributed by atoms with Crippen LogP contribution in [0.25, 0.3) is 44.8 Å². The van der Waals surface area contributed by atoms with Crippen molar-refractivity contribution in [3.05, 3.63) is 66.2 Å². The number of nitrogens with one attached hydrogen (secondary N) is 2. The SMILES string of the molecule is Cc1cccc(-c2nc3ccc(-c4nc5ccc(N6CCN(C(=O)CCC(=O)O)CC6)cc5[nH]4)cc3[nH]2)c1. The molecule has 192 valence electrons. The molecule has 1 aliphatic heterocycles. The van der Waals surface area contributed by atoms with E-state index in [0.717, 1.165) is 50.5 Å². The van der Waals surface area contributed by atoms with Gasteiger partial charge in [-0.05, 0) is 49.4 Å². The zero-order valence-electron chi connectivity index (χ0n) is 21.1. The molecule has 6 rings (SSSR count). The Hall–Kier alpha value is -4.66. The van der Waals surface area contributed by atoms with Gasteiger partial charge in [-0.1, -0.05) is 23.8 Å². The number of aromatic amines is 2. The lowest BCUT2D eigenvalue weighted by Gasteiger charge is -2.36. The molecule has 0 bridgehead atoms. The highest BCUT2D eigenvalue weighted by Gasteiger charge is 2.22. The van der Waals surface area contributed by atoms with E-state index < -0.39 is 5.97 Å². The number of carbonyl (C=O) groups is 2. The first kappa shape index (κ1) is 23.7. The van der Waals surface area contributed by atoms with Crippen molar-refractivity contribution in [2.45, 2.75) is 19.8 Å². The Morgan fingerprint density at radius 3 is 2.16 bits per heavy atom. The summed E-state index contributed by atoms with van der Waals surface area (Å²) in [6.07, 6.45) is -0.0745. The number of nitrogens with zero attached hydrogens (tertiary/aromatic N) is 4. The lowest BCUT2D eigenvalue weighted by molar-refractivity contribution is -0.141. The van der Waals surface area contributed by atoms with Crippen LogP contribution in [0.3, 0.4) is 0 Å². The van der Waals surface area contributed by atoms with Gasteiger partial charge in [-0.25, -0.2) is 9.97 Å². The number of anilines is 1. The second kappa shape index (κ2) is 9.66. The van der Waals surface area contributed by atoms with E-state index in [1.807, 2.05) is 24.3 Å². The van der Waals surface area contributed by atoms with Crippen LogP contribution in [0, 0.1) is 6.92 Å². The molecular weight excluding hydrogens is 480 g/mol. The van der Waals surface area contributed by atoms with Gasteiger partial charge in [0.25, 0.3) is 0 Å². The highest BCUT2D eigenvalue weighted by molar-refractivity contribution is 5.87. The number of hydrogen-bond donors (Lipinski definition) is 3. The third-order valence-corrected chi connectivity index (χ3v) is 7.06. The second-order valence-corrected chi connectivity index (χ2v) is 9.74. The number of carbonyl (C=O) groups excluding carboxylic acids is 1. The van der Waals surface area contributed by atoms with E-state index in [2.05, 4.69) is 58.2 Å². The smallest absolute Gasteiger partial charge is 0.303 e. The van der Waals surface area contributed by atoms with Crippen LogP contribution >= 0.6 is 0 Å². The summed E-state index contributed by atoms with van der Waals surface area (Å²) < 4.78 is 0. The highest BCUT2D eigenvalue weighted by atomic mass is 16.4. The summed E-state index contributed by atoms with van der Waals surface area (Å²) in [5, 5.41) is 8.82. The number of aryl methyl sites for hydroxylation is 1. The Bertz CT molecular complexity index is 1660. The number of carboxylic acids is 1. The number of fused-ring (bicyclic) bond motifs is 2. The van der Waals surface area contributed by atoms with Crippen molar-refractivity contribution in [1.82, 2.24) is 24.8 Å². The summed E-state index contributed by atoms with van der Waals surface area (Å²) in [6.45, 7) is 4.64. The van der Waals surface area contributed by atoms with Gasteiger partial charge in [0.2, 0.25) is 5.91 Å². The average Bonchev–Trinajstić information content (AvgIpc) is 3.55. The second-order valence-electron chi connectivity index (χ2n) is 9.74. The topological polar surface area (TPSA) is 118 Å². The van der Waals surface area contributed by atoms with Crippen LogP contribution in [0.2, 0.25) is 0 Å². The molecule has 9 heteroatoms. The number of carboxylic acid groups (broad SMARTS) is 1. The third-order valence-electron chi connectivity index (χ3n) is 7.06. The number of hydrogen-bond acceptors (Lipinski definition) is 5. The number of aromatic nitrogens is 4. The molecule has 0 atom stereocenters. The van der Waals surface area contributed by atoms with E-state index in [1.54, 1.807) is 4.90 Å². The van der Waals surface area contributed by atoms with Crippen molar-refractivity contribution in [3.63, 3.8) is 0 Å². The molecule has 0 radical (unpaired) electrons. The standard InChI is InChI=1S/C29H28N6O3/c1-18-3-2-4-19(15-18)28-30-22-7-5-20(16-24(22)32-28)29-31-23-8-6-21(17-25(23)33-29)34-11-13-35(14-12-34)26(36)9-10-27(37)38/h2-8,15-17H,9-14H2,1H3,(H,30,32)(H,31,33)(H,37,38). The van der Waals surface area contributed by atoms with Gasteiger partial charge in [0, 0.05) is 49.4 Å². The summed E-state index contributed by atoms with van der Waals surface area (Å²) in [5.74, 6) is 0.597. The van der Waals surface area contributed by atoms with E-state index in [4.69, 9.17) is 15.1 Å². The molecule has 5 aromatic rings. The minimum atomic E-state index is -0.944. The molecular formula is C29H28N6O3. The first-order valence-corrected chi connectivity index (χ1v) is 12.7. The van der Waals surface area contributed by atoms with Crippen LogP contribution in [0.15, 0.2) is 60.7 Å². The predicted molar refractivity (Wildman–Crippen MR) is 147 cm³/mol. The fourth-order valence-electron chi connectivity index (χ4n) is 5.00. The largest absolute Gasteiger partial charge is 0.481 e. The van der Waals surface area contributed by atoms with Crippen molar-refractivity contribution >= 4 is 39.6 Å². The van der Waals surface area contributed by atoms with Crippen LogP contribution in [0.4, 0.5) is 5.69 Å². The minimum absolute atomic E-state index is 0.0514. The molecule has 1 amide bonds. The van der Waals surface area contributed by atoms with Gasteiger partial charge < -0.3 is 24.9 Å². The fourth-order valence-corrected chi connectivity index (χ4v) is 5.00. The maximum Gasteiger partial charge on any atom is 0.303 e. The first-order valence-electron chi connectivity index (χ1n) is 12.7. The Kier molecular flexibility index (Phi) is 6.03. The molecule has 1 fully saturated rings. The first-order chi connectivity index (χ1) is 18.4. The molecule has 0 aliphatic carbocycles. The summed E-state index contributed by atoms with van der Waals surface area (Å²) in [7, 11) is 0. The van der Waals surface area contributed by atoms with Crippen molar-refractivity contribution < 1.29 is 14.7 Å². The lowest BCUT2D eigenvalue weighted by atomic mass is 10.1. The highest BCUT2D eigenvalue weighted by Crippen LogP contribution is 2.28. The molecule has 2 aromatic heterocycles. The summed E-state index contributed by atoms with van der Waals surface area (Å²) in [6, 6.07) is 20.6. The predicted octanol–water partition coefficient (Wildman–Crippen LogP) is 4.60. The monoisotopic (exact) mass is 508 g/mol. The van der Waals surface area contributed by atoms with Gasteiger partial charge in [0.15, 0.2) is 0 Å². The van der Waals surface area contributed by atoms with E-state index in [-0.39, 0.29) is 18.7 Å². The number of piperazine rings is 1. The molecule has 0 unspecified atom stereocenters. The van der Waals surface area contributed by atoms with Crippen molar-refractivity contribution in [3.8, 4) is 22.8 Å². The van der Waals surface area contributed by atoms with Gasteiger partial charge in [-0.3, -0.25) is 9.59 Å². The van der Waals surface area contributed by atoms with Gasteiger partial charge >= 0.3 is 5.97 Å². The number of aliphatic carboxylic acids is 1. The van der Waals surface area contributed by atoms with Crippen molar-refractivity contribution in [2.75, 3.05) is 31.1 Å². The summed E-state index contributed by atoms with van der Waals surface area (Å²) >= 11 is 0. The summed E-state index contributed by atoms with van der Waals surface area (Å²) in [5.41, 5.74) is 7.99. The van der Waals surface area contributed by atoms with Crippen molar-refractivity contribution in [2.24, 2.45) is 0 Å². The van der Waals surface area contributed by atoms with Crippen LogP contribution in [-0.4, -0.2) is 68.0 Å². The Morgan fingerprint density at radius 2 is 1.47 bits per heavy atom. The Balaban J connectivity index is 1.19. The molecule has 9 nitrogen and oxygen atoms in total. The number of rotatable bonds is 6. The van der Waals surface area contributed by atoms with E-state index in [1.165, 1.54) is 5.56 Å². The van der Waals surface area contributed by atoms with E-state index >= 15 is 0 Å². The summed E-state index contributed by atoms with van der Waals surface area (Å²) in [4.78, 5) is 43.5. The molecule has 38 heavy (non-hydrogen) atoms. The van der Waals surface area contributed by atoms with Gasteiger partial charge in [0.1, 0.15) is 11.6 Å². The van der Waals surface area contributed by atoms with E-state index in [9.17, 15) is 9.59 Å². The fraction of sp³-hybridized carbons (Fsp3) is 0.241. The van der Waals surface area contributed by atoms with Crippen LogP contribution < -0.4 is 4.90 Å². The lowest BCUT2D eigenvalue weighted by Crippen LogP contribution is -2.48. The maximum atomic E-state index is 12.3. The normalized spacial score (nSPS) is 13.9. The van der Waals surface area contributed by atoms with Crippen molar-refractivity contribution in [1.29, 1.82) is 0 Å². The van der Waals surface area contributed by atoms with E-state index in [0.29, 0.717) is 26.2 Å². The number of imidazole rings is 2. The van der Waals surface area contributed by atoms with Crippen LogP contribution in [-0.2, 0) is 9.59 Å². The quantitative estimate of drug-likeness (QED) is 0.309. The van der Waals surface area contributed by atoms with Gasteiger partial charge in [-0.15, -0.1) is 0 Å². The molecule has 3 heterocycles. The third kappa shape index (κ3) is 4.70. The molecule has 0 spiro atoms. The maximum absolute atomic E-state index is 12.3. The Labute approximate surface area is 219 Å². The Morgan fingerprint density at radius 1 is 0.816 bits per heavy atom. The van der Waals surface area contributed by atoms with Crippen LogP contribution in [0.1, 0.15) is 18.4 Å². The molecule has 1 saturated heterocycles. The zero-order chi connectivity index (χ0) is 26.2. The molecule has 3 aromatic carbocycles. The number of amides is 1. The van der Waals surface area contributed by atoms with Gasteiger partial charge in [0.05, 0.1) is 28.5 Å². The number of H-pyrrole nitrogens is 2. The zero-order valence-corrected chi connectivity index (χ0v) is 21.1. The average molecular weight is 509 g/mol. The molecule has 1 aliphatic rings. The minimum Gasteiger partial charge on any atom is -0.481 e. The number of benzene rings is 3. The molecule has 3 N–H and O–H groups in total.